The van der Waals surface area contributed by atoms with Crippen molar-refractivity contribution in [2.24, 2.45) is 0 Å². The lowest BCUT2D eigenvalue weighted by Crippen LogP contribution is -1.96. The Labute approximate surface area is 63.8 Å². The normalized spacial score (nSPS) is 9.45. The van der Waals surface area contributed by atoms with Crippen LogP contribution in [0.15, 0.2) is 25.0 Å². The van der Waals surface area contributed by atoms with Gasteiger partial charge in [0.2, 0.25) is 0 Å². The fourth-order valence-corrected chi connectivity index (χ4v) is 0.397. The highest BCUT2D eigenvalue weighted by atomic mass is 16.5. The zero-order valence-electron chi connectivity index (χ0n) is 5.82. The average Bonchev–Trinajstić information content (AvgIpc) is 1.87. The van der Waals surface area contributed by atoms with E-state index >= 15 is 0 Å². The summed E-state index contributed by atoms with van der Waals surface area (Å²) >= 11 is 0. The van der Waals surface area contributed by atoms with Gasteiger partial charge in [0.25, 0.3) is 0 Å². The van der Waals surface area contributed by atoms with Crippen LogP contribution in [0.3, 0.4) is 0 Å². The number of hydrogen-bond donors (Lipinski definition) is 1. The van der Waals surface area contributed by atoms with E-state index < -0.39 is 11.9 Å². The molecule has 4 heteroatoms. The maximum Gasteiger partial charge on any atom is 0.327 e. The monoisotopic (exact) mass is 156 g/mol. The van der Waals surface area contributed by atoms with Crippen molar-refractivity contribution < 1.29 is 19.4 Å². The third-order valence-corrected chi connectivity index (χ3v) is 0.760. The van der Waals surface area contributed by atoms with Crippen LogP contribution in [0.5, 0.6) is 0 Å². The lowest BCUT2D eigenvalue weighted by molar-refractivity contribution is -0.136. The van der Waals surface area contributed by atoms with Gasteiger partial charge in [0.1, 0.15) is 0 Å². The van der Waals surface area contributed by atoms with E-state index in [2.05, 4.69) is 11.3 Å². The predicted molar refractivity (Wildman–Crippen MR) is 37.7 cm³/mol. The van der Waals surface area contributed by atoms with E-state index in [0.29, 0.717) is 0 Å². The third kappa shape index (κ3) is 6.30. The Morgan fingerprint density at radius 3 is 2.64 bits per heavy atom. The van der Waals surface area contributed by atoms with Crippen LogP contribution in [-0.2, 0) is 14.3 Å². The van der Waals surface area contributed by atoms with Gasteiger partial charge in [0, 0.05) is 6.08 Å². The van der Waals surface area contributed by atoms with Crippen LogP contribution in [0.1, 0.15) is 6.42 Å². The van der Waals surface area contributed by atoms with Gasteiger partial charge in [-0.1, -0.05) is 12.7 Å². The number of aliphatic carboxylic acids is 1. The molecule has 0 fully saturated rings. The standard InChI is InChI=1S/C7H8O4/c1-2-11-7(10)5-3-4-6(8)9/h2-4H,1,5H2,(H,8,9)/b4-3+. The van der Waals surface area contributed by atoms with Crippen molar-refractivity contribution in [3.8, 4) is 0 Å². The van der Waals surface area contributed by atoms with Crippen molar-refractivity contribution in [3.63, 3.8) is 0 Å². The van der Waals surface area contributed by atoms with Crippen molar-refractivity contribution in [2.45, 2.75) is 6.42 Å². The molecule has 0 radical (unpaired) electrons. The summed E-state index contributed by atoms with van der Waals surface area (Å²) in [6.45, 7) is 3.16. The van der Waals surface area contributed by atoms with Crippen LogP contribution in [0.25, 0.3) is 0 Å². The molecule has 0 amide bonds. The second-order valence-electron chi connectivity index (χ2n) is 1.60. The first-order valence-corrected chi connectivity index (χ1v) is 2.86. The molecule has 0 aromatic rings. The second kappa shape index (κ2) is 5.22. The van der Waals surface area contributed by atoms with Crippen LogP contribution in [0.2, 0.25) is 0 Å². The lowest BCUT2D eigenvalue weighted by Gasteiger charge is -1.91. The Morgan fingerprint density at radius 2 is 2.18 bits per heavy atom. The average molecular weight is 156 g/mol. The molecule has 1 N–H and O–H groups in total. The van der Waals surface area contributed by atoms with Gasteiger partial charge in [-0.3, -0.25) is 4.79 Å². The number of carboxylic acid groups (broad SMARTS) is 1. The lowest BCUT2D eigenvalue weighted by atomic mass is 10.4. The van der Waals surface area contributed by atoms with Crippen LogP contribution in [0.4, 0.5) is 0 Å². The summed E-state index contributed by atoms with van der Waals surface area (Å²) in [7, 11) is 0. The molecule has 0 atom stereocenters. The molecule has 0 aliphatic rings. The first-order chi connectivity index (χ1) is 5.16. The molecule has 60 valence electrons. The minimum atomic E-state index is -1.09. The number of hydrogen-bond acceptors (Lipinski definition) is 3. The summed E-state index contributed by atoms with van der Waals surface area (Å²) in [5.41, 5.74) is 0. The van der Waals surface area contributed by atoms with E-state index in [1.165, 1.54) is 6.08 Å². The van der Waals surface area contributed by atoms with Crippen molar-refractivity contribution in [1.29, 1.82) is 0 Å². The number of rotatable bonds is 4. The van der Waals surface area contributed by atoms with Crippen molar-refractivity contribution >= 4 is 11.9 Å². The van der Waals surface area contributed by atoms with Gasteiger partial charge >= 0.3 is 11.9 Å². The Bertz CT molecular complexity index is 193. The maximum absolute atomic E-state index is 10.5. The van der Waals surface area contributed by atoms with E-state index in [0.717, 1.165) is 12.3 Å². The molecule has 0 bridgehead atoms. The third-order valence-electron chi connectivity index (χ3n) is 0.760. The molecule has 0 aliphatic heterocycles. The molecule has 0 aromatic carbocycles. The zero-order valence-corrected chi connectivity index (χ0v) is 5.82. The number of carboxylic acids is 1. The molecule has 0 rings (SSSR count). The molecule has 11 heavy (non-hydrogen) atoms. The summed E-state index contributed by atoms with van der Waals surface area (Å²) in [5, 5.41) is 8.10. The summed E-state index contributed by atoms with van der Waals surface area (Å²) < 4.78 is 4.30. The minimum absolute atomic E-state index is 0.0572. The van der Waals surface area contributed by atoms with Gasteiger partial charge in [-0.05, 0) is 0 Å². The van der Waals surface area contributed by atoms with Crippen LogP contribution < -0.4 is 0 Å². The Morgan fingerprint density at radius 1 is 1.55 bits per heavy atom. The van der Waals surface area contributed by atoms with Crippen molar-refractivity contribution in [3.05, 3.63) is 25.0 Å². The van der Waals surface area contributed by atoms with Gasteiger partial charge in [0.05, 0.1) is 12.7 Å². The highest BCUT2D eigenvalue weighted by molar-refractivity contribution is 5.81. The first-order valence-electron chi connectivity index (χ1n) is 2.86. The molecular weight excluding hydrogens is 148 g/mol. The van der Waals surface area contributed by atoms with E-state index in [4.69, 9.17) is 5.11 Å². The summed E-state index contributed by atoms with van der Waals surface area (Å²) in [4.78, 5) is 20.4. The smallest absolute Gasteiger partial charge is 0.327 e. The molecule has 0 unspecified atom stereocenters. The number of esters is 1. The molecule has 0 spiro atoms. The van der Waals surface area contributed by atoms with Gasteiger partial charge < -0.3 is 9.84 Å². The molecule has 0 saturated carbocycles. The maximum atomic E-state index is 10.5. The van der Waals surface area contributed by atoms with Gasteiger partial charge in [-0.25, -0.2) is 4.79 Å². The first kappa shape index (κ1) is 9.42. The van der Waals surface area contributed by atoms with Crippen LogP contribution in [-0.4, -0.2) is 17.0 Å². The zero-order chi connectivity index (χ0) is 8.69. The summed E-state index contributed by atoms with van der Waals surface area (Å²) in [6.07, 6.45) is 3.02. The second-order valence-corrected chi connectivity index (χ2v) is 1.60. The molecule has 0 saturated heterocycles. The molecule has 0 aromatic heterocycles. The predicted octanol–water partition coefficient (Wildman–Crippen LogP) is 0.704. The Balaban J connectivity index is 3.61. The van der Waals surface area contributed by atoms with Gasteiger partial charge in [0.15, 0.2) is 0 Å². The van der Waals surface area contributed by atoms with E-state index in [1.807, 2.05) is 0 Å². The highest BCUT2D eigenvalue weighted by Crippen LogP contribution is 1.88. The van der Waals surface area contributed by atoms with Crippen molar-refractivity contribution in [2.75, 3.05) is 0 Å². The Hall–Kier alpha value is -1.58. The molecule has 4 nitrogen and oxygen atoms in total. The fraction of sp³-hybridized carbons (Fsp3) is 0.143. The van der Waals surface area contributed by atoms with E-state index in [-0.39, 0.29) is 6.42 Å². The fourth-order valence-electron chi connectivity index (χ4n) is 0.397. The molecule has 0 heterocycles. The van der Waals surface area contributed by atoms with Crippen LogP contribution in [0, 0.1) is 0 Å². The molecule has 0 aliphatic carbocycles. The topological polar surface area (TPSA) is 63.6 Å². The quantitative estimate of drug-likeness (QED) is 0.369. The van der Waals surface area contributed by atoms with Gasteiger partial charge in [-0.2, -0.15) is 0 Å². The summed E-state index contributed by atoms with van der Waals surface area (Å²) in [5.74, 6) is -1.62. The summed E-state index contributed by atoms with van der Waals surface area (Å²) in [6, 6.07) is 0. The number of carbonyl (C=O) groups is 2. The number of ether oxygens (including phenoxy) is 1. The SMILES string of the molecule is C=COC(=O)C/C=C/C(=O)O. The largest absolute Gasteiger partial charge is 0.478 e. The highest BCUT2D eigenvalue weighted by Gasteiger charge is 1.95. The van der Waals surface area contributed by atoms with Gasteiger partial charge in [-0.15, -0.1) is 0 Å². The molecular formula is C7H8O4. The van der Waals surface area contributed by atoms with Crippen LogP contribution >= 0.6 is 0 Å². The Kier molecular flexibility index (Phi) is 4.47. The van der Waals surface area contributed by atoms with E-state index in [9.17, 15) is 9.59 Å². The van der Waals surface area contributed by atoms with E-state index in [1.54, 1.807) is 0 Å². The van der Waals surface area contributed by atoms with Crippen molar-refractivity contribution in [1.82, 2.24) is 0 Å². The number of carbonyl (C=O) groups excluding carboxylic acids is 1. The minimum Gasteiger partial charge on any atom is -0.478 e.